The Balaban J connectivity index is 2.32. The van der Waals surface area contributed by atoms with Gasteiger partial charge in [0.2, 0.25) is 5.95 Å². The Kier molecular flexibility index (Phi) is 2.22. The number of aryl methyl sites for hydroxylation is 1. The number of nitrogens with one attached hydrogen (secondary N) is 1. The van der Waals surface area contributed by atoms with Crippen LogP contribution in [0.3, 0.4) is 0 Å². The Morgan fingerprint density at radius 2 is 2.62 bits per heavy atom. The van der Waals surface area contributed by atoms with Crippen molar-refractivity contribution in [3.05, 3.63) is 11.9 Å². The highest BCUT2D eigenvalue weighted by Gasteiger charge is 2.19. The minimum absolute atomic E-state index is 0.434. The first-order chi connectivity index (χ1) is 6.35. The average molecular weight is 180 g/mol. The summed E-state index contributed by atoms with van der Waals surface area (Å²) in [5.41, 5.74) is 6.83. The summed E-state index contributed by atoms with van der Waals surface area (Å²) in [6.45, 7) is 3.81. The molecule has 2 rings (SSSR count). The monoisotopic (exact) mass is 180 g/mol. The van der Waals surface area contributed by atoms with E-state index in [1.165, 1.54) is 0 Å². The first-order valence-corrected chi connectivity index (χ1v) is 4.86. The van der Waals surface area contributed by atoms with E-state index in [0.717, 1.165) is 31.0 Å². The lowest BCUT2D eigenvalue weighted by atomic mass is 10.2. The fourth-order valence-corrected chi connectivity index (χ4v) is 1.74. The number of aromatic nitrogens is 2. The van der Waals surface area contributed by atoms with E-state index in [4.69, 9.17) is 5.73 Å². The Labute approximate surface area is 78.1 Å². The minimum Gasteiger partial charge on any atom is -0.356 e. The molecule has 0 radical (unpaired) electrons. The standard InChI is InChI=1S/C9H16N4/c1-2-7-6-13-8(5-10)3-4-11-9(13)12-7/h6,8H,2-5,10H2,1H3,(H,11,12). The zero-order valence-electron chi connectivity index (χ0n) is 7.95. The quantitative estimate of drug-likeness (QED) is 0.706. The summed E-state index contributed by atoms with van der Waals surface area (Å²) in [6, 6.07) is 0.434. The maximum absolute atomic E-state index is 5.69. The highest BCUT2D eigenvalue weighted by Crippen LogP contribution is 2.22. The van der Waals surface area contributed by atoms with Crippen molar-refractivity contribution in [3.63, 3.8) is 0 Å². The summed E-state index contributed by atoms with van der Waals surface area (Å²) < 4.78 is 2.17. The molecule has 0 fully saturated rings. The van der Waals surface area contributed by atoms with Crippen LogP contribution in [0.25, 0.3) is 0 Å². The van der Waals surface area contributed by atoms with Crippen molar-refractivity contribution in [3.8, 4) is 0 Å². The molecule has 2 heterocycles. The molecule has 0 spiro atoms. The van der Waals surface area contributed by atoms with E-state index < -0.39 is 0 Å². The van der Waals surface area contributed by atoms with E-state index in [2.05, 4.69) is 28.0 Å². The van der Waals surface area contributed by atoms with Gasteiger partial charge in [0.15, 0.2) is 0 Å². The van der Waals surface area contributed by atoms with Crippen LogP contribution < -0.4 is 11.1 Å². The van der Waals surface area contributed by atoms with Crippen LogP contribution in [-0.2, 0) is 6.42 Å². The molecule has 1 aliphatic rings. The first kappa shape index (κ1) is 8.56. The molecule has 13 heavy (non-hydrogen) atoms. The zero-order chi connectivity index (χ0) is 9.26. The van der Waals surface area contributed by atoms with E-state index in [0.29, 0.717) is 12.6 Å². The fraction of sp³-hybridized carbons (Fsp3) is 0.667. The SMILES string of the molecule is CCc1cn2c(n1)NCCC2CN. The lowest BCUT2D eigenvalue weighted by Gasteiger charge is -2.24. The molecule has 1 aliphatic heterocycles. The Morgan fingerprint density at radius 1 is 1.77 bits per heavy atom. The summed E-state index contributed by atoms with van der Waals surface area (Å²) in [6.07, 6.45) is 4.20. The predicted octanol–water partition coefficient (Wildman–Crippen LogP) is 0.761. The van der Waals surface area contributed by atoms with Crippen LogP contribution in [0.4, 0.5) is 5.95 Å². The Hall–Kier alpha value is -1.03. The molecule has 1 atom stereocenters. The first-order valence-electron chi connectivity index (χ1n) is 4.86. The number of nitrogens with two attached hydrogens (primary N) is 1. The Bertz CT molecular complexity index is 292. The molecule has 4 heteroatoms. The lowest BCUT2D eigenvalue weighted by molar-refractivity contribution is 0.468. The van der Waals surface area contributed by atoms with Crippen LogP contribution in [-0.4, -0.2) is 22.6 Å². The van der Waals surface area contributed by atoms with Crippen LogP contribution in [0.5, 0.6) is 0 Å². The summed E-state index contributed by atoms with van der Waals surface area (Å²) in [4.78, 5) is 4.46. The van der Waals surface area contributed by atoms with Crippen molar-refractivity contribution >= 4 is 5.95 Å². The highest BCUT2D eigenvalue weighted by atomic mass is 15.2. The van der Waals surface area contributed by atoms with Crippen molar-refractivity contribution in [2.45, 2.75) is 25.8 Å². The molecule has 1 aromatic heterocycles. The molecular formula is C9H16N4. The third kappa shape index (κ3) is 1.42. The fourth-order valence-electron chi connectivity index (χ4n) is 1.74. The molecule has 1 unspecified atom stereocenters. The van der Waals surface area contributed by atoms with E-state index in [-0.39, 0.29) is 0 Å². The maximum atomic E-state index is 5.69. The van der Waals surface area contributed by atoms with Gasteiger partial charge in [0.25, 0.3) is 0 Å². The second kappa shape index (κ2) is 3.38. The zero-order valence-corrected chi connectivity index (χ0v) is 7.95. The van der Waals surface area contributed by atoms with Gasteiger partial charge in [-0.05, 0) is 12.8 Å². The van der Waals surface area contributed by atoms with Gasteiger partial charge < -0.3 is 15.6 Å². The third-order valence-corrected chi connectivity index (χ3v) is 2.57. The van der Waals surface area contributed by atoms with Gasteiger partial charge in [0.1, 0.15) is 0 Å². The molecule has 1 aromatic rings. The number of anilines is 1. The van der Waals surface area contributed by atoms with Crippen LogP contribution in [0.1, 0.15) is 25.1 Å². The Morgan fingerprint density at radius 3 is 3.31 bits per heavy atom. The molecule has 0 saturated carbocycles. The average Bonchev–Trinajstić information content (AvgIpc) is 2.59. The molecule has 0 amide bonds. The van der Waals surface area contributed by atoms with Crippen LogP contribution in [0, 0.1) is 0 Å². The van der Waals surface area contributed by atoms with Crippen molar-refractivity contribution in [1.29, 1.82) is 0 Å². The molecule has 0 aliphatic carbocycles. The number of imidazole rings is 1. The minimum atomic E-state index is 0.434. The normalized spacial score (nSPS) is 20.9. The number of rotatable bonds is 2. The molecular weight excluding hydrogens is 164 g/mol. The largest absolute Gasteiger partial charge is 0.356 e. The van der Waals surface area contributed by atoms with Crippen molar-refractivity contribution in [1.82, 2.24) is 9.55 Å². The topological polar surface area (TPSA) is 55.9 Å². The van der Waals surface area contributed by atoms with Gasteiger partial charge in [-0.1, -0.05) is 6.92 Å². The smallest absolute Gasteiger partial charge is 0.203 e. The molecule has 0 aromatic carbocycles. The van der Waals surface area contributed by atoms with Crippen molar-refractivity contribution < 1.29 is 0 Å². The van der Waals surface area contributed by atoms with Gasteiger partial charge in [-0.25, -0.2) is 4.98 Å². The predicted molar refractivity (Wildman–Crippen MR) is 52.8 cm³/mol. The van der Waals surface area contributed by atoms with Gasteiger partial charge in [-0.15, -0.1) is 0 Å². The summed E-state index contributed by atoms with van der Waals surface area (Å²) in [7, 11) is 0. The van der Waals surface area contributed by atoms with Gasteiger partial charge in [-0.3, -0.25) is 0 Å². The molecule has 0 bridgehead atoms. The number of fused-ring (bicyclic) bond motifs is 1. The molecule has 4 nitrogen and oxygen atoms in total. The lowest BCUT2D eigenvalue weighted by Crippen LogP contribution is -2.27. The van der Waals surface area contributed by atoms with E-state index in [1.54, 1.807) is 0 Å². The molecule has 72 valence electrons. The van der Waals surface area contributed by atoms with Gasteiger partial charge in [0, 0.05) is 19.3 Å². The van der Waals surface area contributed by atoms with Gasteiger partial charge in [-0.2, -0.15) is 0 Å². The second-order valence-electron chi connectivity index (χ2n) is 3.42. The summed E-state index contributed by atoms with van der Waals surface area (Å²) >= 11 is 0. The van der Waals surface area contributed by atoms with E-state index in [1.807, 2.05) is 0 Å². The molecule has 0 saturated heterocycles. The van der Waals surface area contributed by atoms with Crippen LogP contribution in [0.2, 0.25) is 0 Å². The highest BCUT2D eigenvalue weighted by molar-refractivity contribution is 5.32. The van der Waals surface area contributed by atoms with Gasteiger partial charge >= 0.3 is 0 Å². The van der Waals surface area contributed by atoms with Crippen molar-refractivity contribution in [2.75, 3.05) is 18.4 Å². The van der Waals surface area contributed by atoms with Crippen LogP contribution >= 0.6 is 0 Å². The second-order valence-corrected chi connectivity index (χ2v) is 3.42. The van der Waals surface area contributed by atoms with E-state index >= 15 is 0 Å². The molecule has 3 N–H and O–H groups in total. The summed E-state index contributed by atoms with van der Waals surface area (Å²) in [5.74, 6) is 0.985. The summed E-state index contributed by atoms with van der Waals surface area (Å²) in [5, 5.41) is 3.28. The van der Waals surface area contributed by atoms with Crippen molar-refractivity contribution in [2.24, 2.45) is 5.73 Å². The number of nitrogens with zero attached hydrogens (tertiary/aromatic N) is 2. The number of hydrogen-bond donors (Lipinski definition) is 2. The van der Waals surface area contributed by atoms with E-state index in [9.17, 15) is 0 Å². The third-order valence-electron chi connectivity index (χ3n) is 2.57. The van der Waals surface area contributed by atoms with Gasteiger partial charge in [0.05, 0.1) is 11.7 Å². The van der Waals surface area contributed by atoms with Crippen LogP contribution in [0.15, 0.2) is 6.20 Å². The number of hydrogen-bond acceptors (Lipinski definition) is 3. The maximum Gasteiger partial charge on any atom is 0.203 e.